The molecule has 2 aliphatic heterocycles. The second kappa shape index (κ2) is 23.2. The van der Waals surface area contributed by atoms with Gasteiger partial charge in [-0.25, -0.2) is 50.3 Å². The number of hydrogen-bond acceptors (Lipinski definition) is 16. The number of carboxylic acid groups (broad SMARTS) is 1. The molecule has 0 aliphatic carbocycles. The molecule has 344 valence electrons. The molecule has 0 spiro atoms. The van der Waals surface area contributed by atoms with Crippen LogP contribution in [0.2, 0.25) is 0 Å². The third kappa shape index (κ3) is 13.5. The molecule has 6 rings (SSSR count). The molecule has 2 aliphatic rings. The van der Waals surface area contributed by atoms with E-state index < -0.39 is 37.3 Å². The molecule has 2 aromatic heterocycles. The van der Waals surface area contributed by atoms with Crippen LogP contribution in [0, 0.1) is 37.3 Å². The molecule has 22 heteroatoms. The first-order valence-corrected chi connectivity index (χ1v) is 23.7. The molecule has 2 aromatic carbocycles. The second-order valence-electron chi connectivity index (χ2n) is 15.9. The standard InChI is InChI=1S/C21H29FN4O2S.C20H25FN4O4S.CO2.Li.H2O/c1-6-16-12-23-21(24-15(16)4)26-10-9-25(13-19(26)14(2)3)17-7-8-18(22)20(11-17)29(5,27)28;1-12(2)17-11-24(14-5-6-16(21)18(9-14)30(4,28)29)7-8-25(17)20-22-10-15(19(26)27)13(3)23-20;2-1-3;;/h7-8,11-12,14,19H,6,9-10,13H2,1-5H3;5-6,9-10,12,17H,7-8,11H2,1-4H3,(H,26,27);;;1H2/q;;;+1;/p-1/t19-;17-;;;/m00.../s1. The predicted molar refractivity (Wildman–Crippen MR) is 232 cm³/mol. The Bertz CT molecular complexity index is 2510. The van der Waals surface area contributed by atoms with Crippen LogP contribution in [0.3, 0.4) is 0 Å². The minimum Gasteiger partial charge on any atom is -0.870 e. The first-order valence-electron chi connectivity index (χ1n) is 19.9. The summed E-state index contributed by atoms with van der Waals surface area (Å²) in [5.74, 6) is -0.797. The molecule has 2 atom stereocenters. The van der Waals surface area contributed by atoms with Crippen LogP contribution < -0.4 is 38.5 Å². The van der Waals surface area contributed by atoms with E-state index in [-0.39, 0.29) is 63.8 Å². The average molecular weight is 925 g/mol. The maximum atomic E-state index is 14.0. The van der Waals surface area contributed by atoms with Crippen molar-refractivity contribution in [1.82, 2.24) is 19.9 Å². The minimum atomic E-state index is -3.67. The molecule has 64 heavy (non-hydrogen) atoms. The van der Waals surface area contributed by atoms with E-state index in [0.717, 1.165) is 41.8 Å². The van der Waals surface area contributed by atoms with Crippen LogP contribution in [-0.2, 0) is 35.7 Å². The normalized spacial score (nSPS) is 16.4. The Hall–Kier alpha value is -5.03. The van der Waals surface area contributed by atoms with Crippen LogP contribution >= 0.6 is 0 Å². The molecule has 0 saturated carbocycles. The van der Waals surface area contributed by atoms with E-state index in [0.29, 0.717) is 62.5 Å². The molecule has 4 aromatic rings. The zero-order valence-corrected chi connectivity index (χ0v) is 39.4. The van der Waals surface area contributed by atoms with Gasteiger partial charge in [-0.05, 0) is 74.1 Å². The number of hydrogen-bond donors (Lipinski definition) is 1. The summed E-state index contributed by atoms with van der Waals surface area (Å²) in [6.45, 7) is 17.9. The summed E-state index contributed by atoms with van der Waals surface area (Å²) in [5, 5.41) is 9.20. The fourth-order valence-electron chi connectivity index (χ4n) is 7.44. The van der Waals surface area contributed by atoms with Gasteiger partial charge in [-0.2, -0.15) is 9.59 Å². The van der Waals surface area contributed by atoms with Gasteiger partial charge in [0.1, 0.15) is 21.4 Å². The third-order valence-electron chi connectivity index (χ3n) is 10.9. The number of carbonyl (C=O) groups excluding carboxylic acids is 2. The number of halogens is 2. The summed E-state index contributed by atoms with van der Waals surface area (Å²) in [7, 11) is -7.30. The van der Waals surface area contributed by atoms with Crippen molar-refractivity contribution in [2.45, 2.75) is 76.8 Å². The summed E-state index contributed by atoms with van der Waals surface area (Å²) in [5.41, 5.74) is 3.97. The van der Waals surface area contributed by atoms with Crippen molar-refractivity contribution in [3.05, 3.63) is 82.9 Å². The van der Waals surface area contributed by atoms with Crippen LogP contribution in [0.5, 0.6) is 0 Å². The number of carboxylic acids is 1. The Labute approximate surface area is 385 Å². The van der Waals surface area contributed by atoms with Crippen LogP contribution in [0.15, 0.2) is 58.6 Å². The number of benzene rings is 2. The van der Waals surface area contributed by atoms with E-state index in [1.807, 2.05) is 22.9 Å². The molecular formula is C42H55F2LiN8O9S2. The number of sulfone groups is 2. The Kier molecular flexibility index (Phi) is 20.0. The van der Waals surface area contributed by atoms with Gasteiger partial charge in [-0.15, -0.1) is 0 Å². The predicted octanol–water partition coefficient (Wildman–Crippen LogP) is 1.86. The Morgan fingerprint density at radius 2 is 1.14 bits per heavy atom. The van der Waals surface area contributed by atoms with Crippen LogP contribution in [-0.4, -0.2) is 123 Å². The summed E-state index contributed by atoms with van der Waals surface area (Å²) in [4.78, 5) is 53.3. The largest absolute Gasteiger partial charge is 1.00 e. The van der Waals surface area contributed by atoms with Gasteiger partial charge in [0.15, 0.2) is 19.7 Å². The summed E-state index contributed by atoms with van der Waals surface area (Å²) in [6, 6.07) is 8.61. The molecule has 0 amide bonds. The number of rotatable bonds is 10. The van der Waals surface area contributed by atoms with Gasteiger partial charge in [0.05, 0.1) is 23.3 Å². The van der Waals surface area contributed by atoms with Gasteiger partial charge in [-0.3, -0.25) is 0 Å². The maximum Gasteiger partial charge on any atom is 1.00 e. The van der Waals surface area contributed by atoms with E-state index >= 15 is 0 Å². The first-order chi connectivity index (χ1) is 29.0. The SMILES string of the molecule is CCc1cnc(N2CCN(c3ccc(F)c(S(C)(=O)=O)c3)C[C@H]2C(C)C)nc1C.Cc1nc(N2CCN(c3ccc(F)c(S(C)(=O)=O)c3)C[C@H]2C(C)C)ncc1C(=O)O.O=C=O.[Li+].[OH-]. The fourth-order valence-corrected chi connectivity index (χ4v) is 8.96. The van der Waals surface area contributed by atoms with Gasteiger partial charge in [0.2, 0.25) is 11.9 Å². The Balaban J connectivity index is 0.000000403. The topological polar surface area (TPSA) is 234 Å². The number of aromatic nitrogens is 4. The number of piperazine rings is 2. The number of aromatic carboxylic acids is 1. The average Bonchev–Trinajstić information content (AvgIpc) is 3.20. The van der Waals surface area contributed by atoms with E-state index in [1.165, 1.54) is 30.5 Å². The zero-order chi connectivity index (χ0) is 46.3. The first kappa shape index (κ1) is 55.1. The van der Waals surface area contributed by atoms with Crippen molar-refractivity contribution >= 4 is 55.1 Å². The van der Waals surface area contributed by atoms with Gasteiger partial charge in [0.25, 0.3) is 0 Å². The molecule has 2 saturated heterocycles. The molecule has 17 nitrogen and oxygen atoms in total. The van der Waals surface area contributed by atoms with Crippen molar-refractivity contribution in [2.24, 2.45) is 11.8 Å². The van der Waals surface area contributed by atoms with E-state index in [4.69, 9.17) is 14.6 Å². The van der Waals surface area contributed by atoms with Crippen LogP contribution in [0.25, 0.3) is 0 Å². The third-order valence-corrected chi connectivity index (χ3v) is 13.1. The summed E-state index contributed by atoms with van der Waals surface area (Å²) < 4.78 is 75.5. The number of anilines is 4. The summed E-state index contributed by atoms with van der Waals surface area (Å²) in [6.07, 6.45) is 6.40. The van der Waals surface area contributed by atoms with Gasteiger partial charge in [0, 0.05) is 81.2 Å². The van der Waals surface area contributed by atoms with Crippen molar-refractivity contribution in [2.75, 3.05) is 71.4 Å². The van der Waals surface area contributed by atoms with Gasteiger partial charge >= 0.3 is 31.0 Å². The molecule has 0 unspecified atom stereocenters. The molecule has 2 N–H and O–H groups in total. The number of carbonyl (C=O) groups is 1. The van der Waals surface area contributed by atoms with E-state index in [1.54, 1.807) is 19.1 Å². The summed E-state index contributed by atoms with van der Waals surface area (Å²) >= 11 is 0. The molecule has 2 fully saturated rings. The molecule has 4 heterocycles. The van der Waals surface area contributed by atoms with Gasteiger partial charge in [-0.1, -0.05) is 34.6 Å². The molecule has 0 bridgehead atoms. The maximum absolute atomic E-state index is 14.0. The zero-order valence-electron chi connectivity index (χ0n) is 37.8. The van der Waals surface area contributed by atoms with Crippen molar-refractivity contribution < 1.29 is 69.4 Å². The van der Waals surface area contributed by atoms with Crippen LogP contribution in [0.1, 0.15) is 61.9 Å². The Morgan fingerprint density at radius 3 is 1.47 bits per heavy atom. The van der Waals surface area contributed by atoms with Crippen molar-refractivity contribution in [3.8, 4) is 0 Å². The molecular weight excluding hydrogens is 870 g/mol. The van der Waals surface area contributed by atoms with Crippen molar-refractivity contribution in [1.29, 1.82) is 0 Å². The minimum absolute atomic E-state index is 0. The monoisotopic (exact) mass is 924 g/mol. The second-order valence-corrected chi connectivity index (χ2v) is 19.8. The fraction of sp³-hybridized carbons (Fsp3) is 0.476. The quantitative estimate of drug-likeness (QED) is 0.224. The molecule has 0 radical (unpaired) electrons. The number of nitrogens with zero attached hydrogens (tertiary/aromatic N) is 8. The van der Waals surface area contributed by atoms with Crippen LogP contribution in [0.4, 0.5) is 32.1 Å². The Morgan fingerprint density at radius 1 is 0.750 bits per heavy atom. The van der Waals surface area contributed by atoms with E-state index in [2.05, 4.69) is 59.4 Å². The smallest absolute Gasteiger partial charge is 0.870 e. The van der Waals surface area contributed by atoms with Gasteiger partial charge < -0.3 is 30.2 Å². The number of aryl methyl sites for hydroxylation is 3. The van der Waals surface area contributed by atoms with E-state index in [9.17, 15) is 35.5 Å². The van der Waals surface area contributed by atoms with Crippen molar-refractivity contribution in [3.63, 3.8) is 0 Å².